The molecule has 1 amide bonds. The van der Waals surface area contributed by atoms with Crippen LogP contribution in [0.4, 0.5) is 0 Å². The fourth-order valence-electron chi connectivity index (χ4n) is 2.85. The second-order valence-electron chi connectivity index (χ2n) is 5.89. The summed E-state index contributed by atoms with van der Waals surface area (Å²) in [5.41, 5.74) is 1.23. The number of rotatable bonds is 4. The quantitative estimate of drug-likeness (QED) is 0.681. The van der Waals surface area contributed by atoms with E-state index in [0.717, 1.165) is 28.1 Å². The van der Waals surface area contributed by atoms with Gasteiger partial charge in [0.2, 0.25) is 5.91 Å². The van der Waals surface area contributed by atoms with Crippen LogP contribution in [0.1, 0.15) is 43.0 Å². The Bertz CT molecular complexity index is 692. The van der Waals surface area contributed by atoms with Gasteiger partial charge in [-0.2, -0.15) is 0 Å². The van der Waals surface area contributed by atoms with Gasteiger partial charge in [0.15, 0.2) is 0 Å². The van der Waals surface area contributed by atoms with Crippen LogP contribution in [-0.4, -0.2) is 27.2 Å². The summed E-state index contributed by atoms with van der Waals surface area (Å²) in [6.45, 7) is 6.16. The van der Waals surface area contributed by atoms with Gasteiger partial charge in [-0.1, -0.05) is 24.6 Å². The van der Waals surface area contributed by atoms with E-state index in [0.29, 0.717) is 6.04 Å². The molecule has 0 aromatic carbocycles. The zero-order valence-corrected chi connectivity index (χ0v) is 14.8. The summed E-state index contributed by atoms with van der Waals surface area (Å²) >= 11 is 3.23. The molecule has 22 heavy (non-hydrogen) atoms. The van der Waals surface area contributed by atoms with E-state index in [1.54, 1.807) is 17.7 Å². The molecular formula is C16H21N3OS2. The smallest absolute Gasteiger partial charge is 0.233 e. The molecule has 0 unspecified atom stereocenters. The van der Waals surface area contributed by atoms with E-state index in [2.05, 4.69) is 29.1 Å². The Morgan fingerprint density at radius 2 is 2.09 bits per heavy atom. The van der Waals surface area contributed by atoms with Crippen molar-refractivity contribution in [3.8, 4) is 0 Å². The van der Waals surface area contributed by atoms with Gasteiger partial charge in [-0.3, -0.25) is 4.79 Å². The maximum Gasteiger partial charge on any atom is 0.233 e. The van der Waals surface area contributed by atoms with Crippen LogP contribution < -0.4 is 5.32 Å². The summed E-state index contributed by atoms with van der Waals surface area (Å²) in [6.07, 6.45) is 6.29. The Kier molecular flexibility index (Phi) is 4.68. The number of aryl methyl sites for hydroxylation is 2. The predicted octanol–water partition coefficient (Wildman–Crippen LogP) is 3.85. The molecule has 1 fully saturated rings. The van der Waals surface area contributed by atoms with Crippen LogP contribution in [0.15, 0.2) is 11.4 Å². The van der Waals surface area contributed by atoms with Crippen molar-refractivity contribution >= 4 is 39.2 Å². The fourth-order valence-corrected chi connectivity index (χ4v) is 4.90. The van der Waals surface area contributed by atoms with Gasteiger partial charge in [-0.05, 0) is 39.2 Å². The van der Waals surface area contributed by atoms with Crippen molar-refractivity contribution in [2.75, 3.05) is 0 Å². The van der Waals surface area contributed by atoms with Crippen molar-refractivity contribution in [3.05, 3.63) is 16.8 Å². The average Bonchev–Trinajstić information content (AvgIpc) is 3.08. The molecule has 4 nitrogen and oxygen atoms in total. The molecule has 0 aliphatic heterocycles. The highest BCUT2D eigenvalue weighted by atomic mass is 32.2. The van der Waals surface area contributed by atoms with E-state index < -0.39 is 0 Å². The summed E-state index contributed by atoms with van der Waals surface area (Å²) < 4.78 is 0. The largest absolute Gasteiger partial charge is 0.352 e. The maximum absolute atomic E-state index is 12.4. The topological polar surface area (TPSA) is 54.9 Å². The SMILES string of the molecule is Cc1sc2ncnc(S[C@@H](C)C(=O)NC3CCCC3)c2c1C. The van der Waals surface area contributed by atoms with Crippen LogP contribution in [0.5, 0.6) is 0 Å². The highest BCUT2D eigenvalue weighted by Gasteiger charge is 2.23. The van der Waals surface area contributed by atoms with E-state index >= 15 is 0 Å². The Morgan fingerprint density at radius 3 is 2.82 bits per heavy atom. The van der Waals surface area contributed by atoms with Crippen molar-refractivity contribution in [2.45, 2.75) is 62.8 Å². The normalized spacial score (nSPS) is 17.0. The highest BCUT2D eigenvalue weighted by molar-refractivity contribution is 8.00. The molecule has 2 aromatic heterocycles. The average molecular weight is 335 g/mol. The van der Waals surface area contributed by atoms with E-state index in [4.69, 9.17) is 0 Å². The first kappa shape index (κ1) is 15.7. The molecule has 1 aliphatic carbocycles. The van der Waals surface area contributed by atoms with Gasteiger partial charge in [-0.25, -0.2) is 9.97 Å². The Hall–Kier alpha value is -1.14. The standard InChI is InChI=1S/C16H21N3OS2/c1-9-10(2)21-15-13(9)16(18-8-17-15)22-11(3)14(20)19-12-6-4-5-7-12/h8,11-12H,4-7H2,1-3H3,(H,19,20)/t11-/m0/s1. The summed E-state index contributed by atoms with van der Waals surface area (Å²) in [5, 5.41) is 5.05. The number of nitrogens with one attached hydrogen (secondary N) is 1. The van der Waals surface area contributed by atoms with Crippen LogP contribution >= 0.6 is 23.1 Å². The van der Waals surface area contributed by atoms with Crippen LogP contribution in [0.2, 0.25) is 0 Å². The third-order valence-corrected chi connectivity index (χ3v) is 6.51. The second-order valence-corrected chi connectivity index (χ2v) is 8.42. The molecule has 0 bridgehead atoms. The lowest BCUT2D eigenvalue weighted by molar-refractivity contribution is -0.120. The molecule has 3 rings (SSSR count). The van der Waals surface area contributed by atoms with Gasteiger partial charge in [0.05, 0.1) is 5.25 Å². The lowest BCUT2D eigenvalue weighted by Gasteiger charge is -2.16. The van der Waals surface area contributed by atoms with Crippen LogP contribution in [0.25, 0.3) is 10.2 Å². The number of fused-ring (bicyclic) bond motifs is 1. The minimum Gasteiger partial charge on any atom is -0.352 e. The summed E-state index contributed by atoms with van der Waals surface area (Å²) in [7, 11) is 0. The predicted molar refractivity (Wildman–Crippen MR) is 92.6 cm³/mol. The van der Waals surface area contributed by atoms with E-state index in [1.165, 1.54) is 35.0 Å². The third-order valence-electron chi connectivity index (χ3n) is 4.29. The lowest BCUT2D eigenvalue weighted by Crippen LogP contribution is -2.37. The van der Waals surface area contributed by atoms with E-state index in [-0.39, 0.29) is 11.2 Å². The Morgan fingerprint density at radius 1 is 1.36 bits per heavy atom. The monoisotopic (exact) mass is 335 g/mol. The number of amides is 1. The summed E-state index contributed by atoms with van der Waals surface area (Å²) in [6, 6.07) is 0.367. The van der Waals surface area contributed by atoms with E-state index in [9.17, 15) is 4.79 Å². The fraction of sp³-hybridized carbons (Fsp3) is 0.562. The summed E-state index contributed by atoms with van der Waals surface area (Å²) in [4.78, 5) is 23.4. The van der Waals surface area contributed by atoms with Crippen molar-refractivity contribution in [1.29, 1.82) is 0 Å². The third kappa shape index (κ3) is 3.13. The van der Waals surface area contributed by atoms with Crippen LogP contribution in [-0.2, 0) is 4.79 Å². The van der Waals surface area contributed by atoms with Crippen LogP contribution in [0.3, 0.4) is 0 Å². The molecule has 1 aliphatic rings. The molecule has 2 aromatic rings. The molecule has 1 saturated carbocycles. The number of thiophene rings is 1. The van der Waals surface area contributed by atoms with Gasteiger partial charge in [-0.15, -0.1) is 11.3 Å². The van der Waals surface area contributed by atoms with Crippen molar-refractivity contribution in [3.63, 3.8) is 0 Å². The van der Waals surface area contributed by atoms with Gasteiger partial charge in [0, 0.05) is 16.3 Å². The van der Waals surface area contributed by atoms with Crippen molar-refractivity contribution in [1.82, 2.24) is 15.3 Å². The van der Waals surface area contributed by atoms with E-state index in [1.807, 2.05) is 6.92 Å². The zero-order valence-electron chi connectivity index (χ0n) is 13.2. The number of nitrogens with zero attached hydrogens (tertiary/aromatic N) is 2. The molecule has 1 N–H and O–H groups in total. The maximum atomic E-state index is 12.4. The number of hydrogen-bond donors (Lipinski definition) is 1. The molecular weight excluding hydrogens is 314 g/mol. The van der Waals surface area contributed by atoms with Gasteiger partial charge in [0.1, 0.15) is 16.2 Å². The van der Waals surface area contributed by atoms with Crippen LogP contribution in [0, 0.1) is 13.8 Å². The first-order valence-corrected chi connectivity index (χ1v) is 9.43. The zero-order chi connectivity index (χ0) is 15.7. The minimum atomic E-state index is -0.140. The number of hydrogen-bond acceptors (Lipinski definition) is 5. The molecule has 118 valence electrons. The van der Waals surface area contributed by atoms with Crippen molar-refractivity contribution < 1.29 is 4.79 Å². The number of thioether (sulfide) groups is 1. The second kappa shape index (κ2) is 6.54. The Balaban J connectivity index is 1.76. The van der Waals surface area contributed by atoms with Gasteiger partial charge < -0.3 is 5.32 Å². The Labute approximate surface area is 139 Å². The summed E-state index contributed by atoms with van der Waals surface area (Å²) in [5.74, 6) is 0.119. The van der Waals surface area contributed by atoms with Gasteiger partial charge >= 0.3 is 0 Å². The van der Waals surface area contributed by atoms with Gasteiger partial charge in [0.25, 0.3) is 0 Å². The number of carbonyl (C=O) groups is 1. The molecule has 0 spiro atoms. The first-order chi connectivity index (χ1) is 10.6. The number of carbonyl (C=O) groups excluding carboxylic acids is 1. The molecule has 0 radical (unpaired) electrons. The molecule has 6 heteroatoms. The molecule has 1 atom stereocenters. The minimum absolute atomic E-state index is 0.119. The molecule has 2 heterocycles. The first-order valence-electron chi connectivity index (χ1n) is 7.74. The lowest BCUT2D eigenvalue weighted by atomic mass is 10.2. The highest BCUT2D eigenvalue weighted by Crippen LogP contribution is 2.36. The molecule has 0 saturated heterocycles. The number of aromatic nitrogens is 2. The van der Waals surface area contributed by atoms with Crippen molar-refractivity contribution in [2.24, 2.45) is 0 Å².